The summed E-state index contributed by atoms with van der Waals surface area (Å²) in [5.41, 5.74) is 1.81. The van der Waals surface area contributed by atoms with Gasteiger partial charge in [0.25, 0.3) is 0 Å². The Hall–Kier alpha value is -3.12. The summed E-state index contributed by atoms with van der Waals surface area (Å²) in [4.78, 5) is 36.6. The molecule has 2 aromatic carbocycles. The predicted molar refractivity (Wildman–Crippen MR) is 101 cm³/mol. The fraction of sp³-hybridized carbons (Fsp3) is 0.150. The van der Waals surface area contributed by atoms with Crippen LogP contribution in [0.1, 0.15) is 32.3 Å². The van der Waals surface area contributed by atoms with Gasteiger partial charge in [0.2, 0.25) is 0 Å². The number of esters is 1. The lowest BCUT2D eigenvalue weighted by Crippen LogP contribution is -2.50. The number of rotatable bonds is 4. The number of amides is 2. The molecule has 0 bridgehead atoms. The number of carbonyl (C=O) groups excluding carboxylic acids is 3. The first-order chi connectivity index (χ1) is 12.9. The normalized spacial score (nSPS) is 19.0. The molecule has 1 aliphatic heterocycles. The van der Waals surface area contributed by atoms with E-state index in [1.54, 1.807) is 48.5 Å². The topological polar surface area (TPSA) is 84.5 Å². The second-order valence-electron chi connectivity index (χ2n) is 6.06. The quantitative estimate of drug-likeness (QED) is 0.624. The smallest absolute Gasteiger partial charge is 0.337 e. The minimum absolute atomic E-state index is 0.203. The standard InChI is InChI=1S/C20H17ClN2O4/c1-11-16(18(24)13-7-9-15(21)10-8-13)17(23-20(26)22-11)12-3-5-14(6-4-12)19(25)27-2/h3-10,16-17H,1H2,2H3,(H2,22,23,26)/t16-,17-/m0/s1. The zero-order valence-electron chi connectivity index (χ0n) is 14.5. The van der Waals surface area contributed by atoms with Gasteiger partial charge in [-0.25, -0.2) is 9.59 Å². The number of benzene rings is 2. The molecule has 6 nitrogen and oxygen atoms in total. The van der Waals surface area contributed by atoms with Gasteiger partial charge in [-0.15, -0.1) is 0 Å². The fourth-order valence-corrected chi connectivity index (χ4v) is 3.13. The number of urea groups is 1. The third-order valence-corrected chi connectivity index (χ3v) is 4.62. The molecule has 2 atom stereocenters. The summed E-state index contributed by atoms with van der Waals surface area (Å²) >= 11 is 5.89. The van der Waals surface area contributed by atoms with Gasteiger partial charge in [0.05, 0.1) is 24.6 Å². The van der Waals surface area contributed by atoms with Crippen LogP contribution in [0.25, 0.3) is 0 Å². The first kappa shape index (κ1) is 18.7. The van der Waals surface area contributed by atoms with E-state index in [4.69, 9.17) is 11.6 Å². The molecule has 0 aromatic heterocycles. The molecule has 1 fully saturated rings. The fourth-order valence-electron chi connectivity index (χ4n) is 3.01. The molecule has 2 N–H and O–H groups in total. The number of Topliss-reactive ketones (excluding diaryl/α,β-unsaturated/α-hetero) is 1. The number of ketones is 1. The molecule has 0 saturated carbocycles. The van der Waals surface area contributed by atoms with Crippen LogP contribution in [0.3, 0.4) is 0 Å². The average Bonchev–Trinajstić information content (AvgIpc) is 2.67. The van der Waals surface area contributed by atoms with Gasteiger partial charge in [0.15, 0.2) is 5.78 Å². The van der Waals surface area contributed by atoms with E-state index in [9.17, 15) is 14.4 Å². The zero-order chi connectivity index (χ0) is 19.6. The van der Waals surface area contributed by atoms with E-state index in [0.29, 0.717) is 27.4 Å². The van der Waals surface area contributed by atoms with Gasteiger partial charge >= 0.3 is 12.0 Å². The second-order valence-corrected chi connectivity index (χ2v) is 6.50. The molecule has 1 saturated heterocycles. The van der Waals surface area contributed by atoms with Crippen LogP contribution in [0.2, 0.25) is 5.02 Å². The average molecular weight is 385 g/mol. The number of hydrogen-bond acceptors (Lipinski definition) is 4. The Morgan fingerprint density at radius 1 is 1.04 bits per heavy atom. The van der Waals surface area contributed by atoms with Crippen molar-refractivity contribution in [2.75, 3.05) is 7.11 Å². The van der Waals surface area contributed by atoms with Crippen LogP contribution in [0.4, 0.5) is 4.79 Å². The number of ether oxygens (including phenoxy) is 1. The van der Waals surface area contributed by atoms with Gasteiger partial charge < -0.3 is 15.4 Å². The highest BCUT2D eigenvalue weighted by atomic mass is 35.5. The Morgan fingerprint density at radius 2 is 1.63 bits per heavy atom. The Morgan fingerprint density at radius 3 is 2.22 bits per heavy atom. The van der Waals surface area contributed by atoms with Crippen LogP contribution in [0.5, 0.6) is 0 Å². The van der Waals surface area contributed by atoms with Crippen molar-refractivity contribution < 1.29 is 19.1 Å². The van der Waals surface area contributed by atoms with Crippen LogP contribution in [0, 0.1) is 5.92 Å². The van der Waals surface area contributed by atoms with Crippen molar-refractivity contribution in [1.29, 1.82) is 0 Å². The summed E-state index contributed by atoms with van der Waals surface area (Å²) in [7, 11) is 1.30. The van der Waals surface area contributed by atoms with Gasteiger partial charge in [-0.05, 0) is 42.0 Å². The molecular weight excluding hydrogens is 368 g/mol. The summed E-state index contributed by atoms with van der Waals surface area (Å²) in [6, 6.07) is 12.0. The molecule has 7 heteroatoms. The third-order valence-electron chi connectivity index (χ3n) is 4.37. The number of hydrogen-bond donors (Lipinski definition) is 2. The molecule has 3 rings (SSSR count). The Balaban J connectivity index is 1.95. The molecule has 0 radical (unpaired) electrons. The maximum atomic E-state index is 13.1. The number of carbonyl (C=O) groups is 3. The molecule has 0 aliphatic carbocycles. The predicted octanol–water partition coefficient (Wildman–Crippen LogP) is 3.49. The van der Waals surface area contributed by atoms with Gasteiger partial charge in [-0.2, -0.15) is 0 Å². The first-order valence-electron chi connectivity index (χ1n) is 8.15. The van der Waals surface area contributed by atoms with Gasteiger partial charge in [0, 0.05) is 16.3 Å². The minimum atomic E-state index is -0.715. The maximum absolute atomic E-state index is 13.1. The molecule has 0 unspecified atom stereocenters. The molecule has 1 aliphatic rings. The molecular formula is C20H17ClN2O4. The van der Waals surface area contributed by atoms with Crippen molar-refractivity contribution in [3.63, 3.8) is 0 Å². The Kier molecular flexibility index (Phi) is 5.28. The van der Waals surface area contributed by atoms with Crippen molar-refractivity contribution in [2.24, 2.45) is 5.92 Å². The number of halogens is 1. The molecule has 27 heavy (non-hydrogen) atoms. The van der Waals surface area contributed by atoms with Crippen LogP contribution in [0.15, 0.2) is 60.8 Å². The lowest BCUT2D eigenvalue weighted by molar-refractivity contribution is 0.0600. The zero-order valence-corrected chi connectivity index (χ0v) is 15.2. The van der Waals surface area contributed by atoms with Crippen LogP contribution >= 0.6 is 11.6 Å². The minimum Gasteiger partial charge on any atom is -0.465 e. The molecule has 2 aromatic rings. The van der Waals surface area contributed by atoms with Crippen LogP contribution in [-0.2, 0) is 4.74 Å². The number of methoxy groups -OCH3 is 1. The molecule has 138 valence electrons. The van der Waals surface area contributed by atoms with E-state index in [1.165, 1.54) is 7.11 Å². The summed E-state index contributed by atoms with van der Waals surface area (Å²) in [5, 5.41) is 5.85. The van der Waals surface area contributed by atoms with Crippen LogP contribution < -0.4 is 10.6 Å². The van der Waals surface area contributed by atoms with E-state index >= 15 is 0 Å². The van der Waals surface area contributed by atoms with E-state index in [-0.39, 0.29) is 5.78 Å². The third kappa shape index (κ3) is 3.85. The Labute approximate surface area is 161 Å². The SMILES string of the molecule is C=C1NC(=O)N[C@@H](c2ccc(C(=O)OC)cc2)[C@H]1C(=O)c1ccc(Cl)cc1. The lowest BCUT2D eigenvalue weighted by Gasteiger charge is -2.34. The van der Waals surface area contributed by atoms with Crippen molar-refractivity contribution >= 4 is 29.4 Å². The lowest BCUT2D eigenvalue weighted by atomic mass is 9.83. The van der Waals surface area contributed by atoms with Crippen LogP contribution in [-0.4, -0.2) is 24.9 Å². The van der Waals surface area contributed by atoms with Crippen molar-refractivity contribution in [3.05, 3.63) is 82.5 Å². The second kappa shape index (κ2) is 7.63. The van der Waals surface area contributed by atoms with E-state index in [1.807, 2.05) is 0 Å². The highest BCUT2D eigenvalue weighted by molar-refractivity contribution is 6.30. The van der Waals surface area contributed by atoms with E-state index in [2.05, 4.69) is 21.9 Å². The summed E-state index contributed by atoms with van der Waals surface area (Å²) in [6.45, 7) is 3.85. The highest BCUT2D eigenvalue weighted by Gasteiger charge is 2.38. The Bertz CT molecular complexity index is 907. The largest absolute Gasteiger partial charge is 0.465 e. The summed E-state index contributed by atoms with van der Waals surface area (Å²) in [6.07, 6.45) is 0. The summed E-state index contributed by atoms with van der Waals surface area (Å²) in [5.74, 6) is -1.38. The van der Waals surface area contributed by atoms with Crippen molar-refractivity contribution in [2.45, 2.75) is 6.04 Å². The van der Waals surface area contributed by atoms with E-state index in [0.717, 1.165) is 0 Å². The van der Waals surface area contributed by atoms with Crippen molar-refractivity contribution in [1.82, 2.24) is 10.6 Å². The van der Waals surface area contributed by atoms with Gasteiger partial charge in [-0.1, -0.05) is 30.3 Å². The monoisotopic (exact) mass is 384 g/mol. The first-order valence-corrected chi connectivity index (χ1v) is 8.53. The number of nitrogens with one attached hydrogen (secondary N) is 2. The van der Waals surface area contributed by atoms with Gasteiger partial charge in [0.1, 0.15) is 0 Å². The summed E-state index contributed by atoms with van der Waals surface area (Å²) < 4.78 is 4.68. The maximum Gasteiger partial charge on any atom is 0.337 e. The van der Waals surface area contributed by atoms with Gasteiger partial charge in [-0.3, -0.25) is 4.79 Å². The molecule has 0 spiro atoms. The highest BCUT2D eigenvalue weighted by Crippen LogP contribution is 2.32. The van der Waals surface area contributed by atoms with Crippen molar-refractivity contribution in [3.8, 4) is 0 Å². The molecule has 1 heterocycles. The molecule has 2 amide bonds. The van der Waals surface area contributed by atoms with E-state index < -0.39 is 24.0 Å².